The number of halogens is 2. The highest BCUT2D eigenvalue weighted by atomic mass is 19.3. The van der Waals surface area contributed by atoms with Gasteiger partial charge in [-0.2, -0.15) is 5.10 Å². The molecule has 2 fully saturated rings. The van der Waals surface area contributed by atoms with Gasteiger partial charge in [0.15, 0.2) is 0 Å². The molecule has 0 atom stereocenters. The predicted molar refractivity (Wildman–Crippen MR) is 178 cm³/mol. The van der Waals surface area contributed by atoms with Crippen molar-refractivity contribution in [2.45, 2.75) is 63.8 Å². The molecule has 46 heavy (non-hydrogen) atoms. The van der Waals surface area contributed by atoms with Crippen LogP contribution < -0.4 is 15.5 Å². The number of nitrogens with zero attached hydrogens (tertiary/aromatic N) is 5. The molecule has 4 aliphatic heterocycles. The number of piperidine rings is 2. The van der Waals surface area contributed by atoms with Gasteiger partial charge in [-0.1, -0.05) is 6.07 Å². The van der Waals surface area contributed by atoms with Crippen LogP contribution in [0, 0.1) is 5.92 Å². The molecule has 4 aliphatic rings. The van der Waals surface area contributed by atoms with Crippen molar-refractivity contribution in [3.05, 3.63) is 64.5 Å². The quantitative estimate of drug-likeness (QED) is 0.350. The Kier molecular flexibility index (Phi) is 9.01. The lowest BCUT2D eigenvalue weighted by atomic mass is 9.84. The number of nitrogens with one attached hydrogen (secondary N) is 2. The van der Waals surface area contributed by atoms with Gasteiger partial charge in [-0.3, -0.25) is 4.68 Å². The molecule has 8 nitrogen and oxygen atoms in total. The van der Waals surface area contributed by atoms with Crippen LogP contribution in [0.3, 0.4) is 0 Å². The molecule has 0 bridgehead atoms. The summed E-state index contributed by atoms with van der Waals surface area (Å²) in [7, 11) is 3.48. The van der Waals surface area contributed by atoms with Gasteiger partial charge in [-0.25, -0.2) is 13.6 Å². The molecule has 0 saturated carbocycles. The van der Waals surface area contributed by atoms with Crippen LogP contribution in [0.4, 0.5) is 25.0 Å². The summed E-state index contributed by atoms with van der Waals surface area (Å²) in [4.78, 5) is 19.6. The van der Waals surface area contributed by atoms with E-state index in [-0.39, 0.29) is 11.6 Å². The minimum Gasteiger partial charge on any atom is -0.341 e. The fourth-order valence-corrected chi connectivity index (χ4v) is 8.25. The molecule has 3 aromatic rings. The molecule has 2 amide bonds. The Bertz CT molecular complexity index is 1560. The molecule has 0 unspecified atom stereocenters. The third kappa shape index (κ3) is 6.26. The van der Waals surface area contributed by atoms with E-state index in [4.69, 9.17) is 0 Å². The van der Waals surface area contributed by atoms with Crippen molar-refractivity contribution in [1.29, 1.82) is 0 Å². The second kappa shape index (κ2) is 13.3. The van der Waals surface area contributed by atoms with Crippen LogP contribution in [0.2, 0.25) is 0 Å². The fourth-order valence-electron chi connectivity index (χ4n) is 8.25. The number of benzene rings is 2. The normalized spacial score (nSPS) is 19.8. The monoisotopic (exact) mass is 631 g/mol. The smallest absolute Gasteiger partial charge is 0.317 e. The molecule has 7 rings (SSSR count). The highest BCUT2D eigenvalue weighted by molar-refractivity contribution is 5.79. The SMILES string of the molecule is CNC(=O)N1CCc2cc(C3CCN(CC4CCNCC4)CC3)cc(N3CCCc4cc(-c5cnn(C)c5)c(C(F)F)cc43)c2C1. The lowest BCUT2D eigenvalue weighted by Crippen LogP contribution is -2.42. The van der Waals surface area contributed by atoms with Gasteiger partial charge in [0.25, 0.3) is 6.43 Å². The third-order valence-corrected chi connectivity index (χ3v) is 10.8. The van der Waals surface area contributed by atoms with E-state index >= 15 is 0 Å². The molecule has 5 heterocycles. The Hall–Kier alpha value is -3.50. The Morgan fingerprint density at radius 2 is 1.80 bits per heavy atom. The average Bonchev–Trinajstić information content (AvgIpc) is 3.53. The molecule has 0 radical (unpaired) electrons. The zero-order chi connectivity index (χ0) is 31.8. The van der Waals surface area contributed by atoms with Crippen molar-refractivity contribution in [3.63, 3.8) is 0 Å². The summed E-state index contributed by atoms with van der Waals surface area (Å²) >= 11 is 0. The van der Waals surface area contributed by atoms with Crippen molar-refractivity contribution >= 4 is 17.4 Å². The summed E-state index contributed by atoms with van der Waals surface area (Å²) in [5.74, 6) is 1.27. The Morgan fingerprint density at radius 3 is 2.52 bits per heavy atom. The first-order valence-electron chi connectivity index (χ1n) is 17.1. The lowest BCUT2D eigenvalue weighted by Gasteiger charge is -2.39. The van der Waals surface area contributed by atoms with Crippen molar-refractivity contribution in [2.75, 3.05) is 57.8 Å². The van der Waals surface area contributed by atoms with E-state index in [0.717, 1.165) is 93.2 Å². The molecule has 0 aliphatic carbocycles. The molecule has 246 valence electrons. The van der Waals surface area contributed by atoms with E-state index in [1.165, 1.54) is 30.5 Å². The summed E-state index contributed by atoms with van der Waals surface area (Å²) < 4.78 is 31.0. The zero-order valence-electron chi connectivity index (χ0n) is 27.2. The first-order chi connectivity index (χ1) is 22.4. The highest BCUT2D eigenvalue weighted by Crippen LogP contribution is 2.45. The van der Waals surface area contributed by atoms with Gasteiger partial charge in [0.1, 0.15) is 0 Å². The van der Waals surface area contributed by atoms with Crippen LogP contribution in [-0.2, 0) is 26.4 Å². The minimum absolute atomic E-state index is 0.0387. The molecular formula is C36H47F2N7O. The minimum atomic E-state index is -2.61. The predicted octanol–water partition coefficient (Wildman–Crippen LogP) is 5.99. The molecular weight excluding hydrogens is 584 g/mol. The average molecular weight is 632 g/mol. The maximum Gasteiger partial charge on any atom is 0.317 e. The van der Waals surface area contributed by atoms with Gasteiger partial charge < -0.3 is 25.3 Å². The van der Waals surface area contributed by atoms with Crippen molar-refractivity contribution in [2.24, 2.45) is 13.0 Å². The number of aromatic nitrogens is 2. The third-order valence-electron chi connectivity index (χ3n) is 10.8. The number of hydrogen-bond donors (Lipinski definition) is 2. The first kappa shape index (κ1) is 31.1. The van der Waals surface area contributed by atoms with Gasteiger partial charge in [0.05, 0.1) is 6.20 Å². The summed E-state index contributed by atoms with van der Waals surface area (Å²) in [6.45, 7) is 7.66. The van der Waals surface area contributed by atoms with E-state index in [2.05, 4.69) is 37.7 Å². The summed E-state index contributed by atoms with van der Waals surface area (Å²) in [6, 6.07) is 8.34. The van der Waals surface area contributed by atoms with Gasteiger partial charge in [0.2, 0.25) is 0 Å². The number of alkyl halides is 2. The largest absolute Gasteiger partial charge is 0.341 e. The molecule has 1 aromatic heterocycles. The van der Waals surface area contributed by atoms with Crippen LogP contribution >= 0.6 is 0 Å². The van der Waals surface area contributed by atoms with Crippen LogP contribution in [0.1, 0.15) is 72.3 Å². The maximum atomic E-state index is 14.7. The van der Waals surface area contributed by atoms with E-state index in [0.29, 0.717) is 30.1 Å². The second-order valence-electron chi connectivity index (χ2n) is 13.7. The first-order valence-corrected chi connectivity index (χ1v) is 17.1. The molecule has 2 aromatic carbocycles. The van der Waals surface area contributed by atoms with Crippen molar-refractivity contribution in [1.82, 2.24) is 30.2 Å². The van der Waals surface area contributed by atoms with Crippen LogP contribution in [-0.4, -0.2) is 78.5 Å². The molecule has 0 spiro atoms. The molecule has 10 heteroatoms. The Morgan fingerprint density at radius 1 is 1.00 bits per heavy atom. The zero-order valence-corrected chi connectivity index (χ0v) is 27.2. The number of hydrogen-bond acceptors (Lipinski definition) is 5. The highest BCUT2D eigenvalue weighted by Gasteiger charge is 2.31. The number of urea groups is 1. The number of carbonyl (C=O) groups is 1. The standard InChI is InChI=1S/C36H47F2N7O/c1-39-36(46)44-15-9-26-16-28(25-7-13-43(14-8-25)21-24-5-10-40-11-6-24)18-34(32(26)23-44)45-12-3-4-27-17-30(29-20-41-42(2)22-29)31(35(37)38)19-33(27)45/h16-20,22,24-25,35,40H,3-15,21,23H2,1-2H3,(H,39,46). The van der Waals surface area contributed by atoms with Gasteiger partial charge in [-0.05, 0) is 129 Å². The fraction of sp³-hybridized carbons (Fsp3) is 0.556. The number of likely N-dealkylation sites (tertiary alicyclic amines) is 1. The van der Waals surface area contributed by atoms with E-state index in [9.17, 15) is 13.6 Å². The number of rotatable bonds is 6. The maximum absolute atomic E-state index is 14.7. The van der Waals surface area contributed by atoms with E-state index < -0.39 is 6.43 Å². The van der Waals surface area contributed by atoms with Gasteiger partial charge in [-0.15, -0.1) is 0 Å². The van der Waals surface area contributed by atoms with E-state index in [1.807, 2.05) is 18.0 Å². The second-order valence-corrected chi connectivity index (χ2v) is 13.7. The lowest BCUT2D eigenvalue weighted by molar-refractivity contribution is 0.152. The number of carbonyl (C=O) groups excluding carboxylic acids is 1. The number of amides is 2. The Labute approximate surface area is 271 Å². The van der Waals surface area contributed by atoms with E-state index in [1.54, 1.807) is 30.2 Å². The number of anilines is 2. The summed E-state index contributed by atoms with van der Waals surface area (Å²) in [5.41, 5.74) is 8.12. The van der Waals surface area contributed by atoms with Crippen molar-refractivity contribution < 1.29 is 13.6 Å². The van der Waals surface area contributed by atoms with Crippen LogP contribution in [0.5, 0.6) is 0 Å². The summed E-state index contributed by atoms with van der Waals surface area (Å²) in [5, 5.41) is 10.5. The van der Waals surface area contributed by atoms with Crippen molar-refractivity contribution in [3.8, 4) is 11.1 Å². The number of fused-ring (bicyclic) bond motifs is 2. The number of aryl methyl sites for hydroxylation is 2. The van der Waals surface area contributed by atoms with Gasteiger partial charge in [0, 0.05) is 69.0 Å². The molecule has 2 saturated heterocycles. The van der Waals surface area contributed by atoms with Gasteiger partial charge >= 0.3 is 6.03 Å². The summed E-state index contributed by atoms with van der Waals surface area (Å²) in [6.07, 6.45) is 8.24. The topological polar surface area (TPSA) is 68.7 Å². The van der Waals surface area contributed by atoms with Crippen LogP contribution in [0.25, 0.3) is 11.1 Å². The Balaban J connectivity index is 1.23. The molecule has 2 N–H and O–H groups in total. The van der Waals surface area contributed by atoms with Crippen LogP contribution in [0.15, 0.2) is 36.7 Å².